The first kappa shape index (κ1) is 19.0. The second-order valence-electron chi connectivity index (χ2n) is 4.83. The van der Waals surface area contributed by atoms with Gasteiger partial charge < -0.3 is 5.32 Å². The van der Waals surface area contributed by atoms with Gasteiger partial charge in [0.25, 0.3) is 11.8 Å². The largest absolute Gasteiger partial charge is 0.343 e. The molecule has 0 unspecified atom stereocenters. The van der Waals surface area contributed by atoms with E-state index in [0.29, 0.717) is 5.56 Å². The molecule has 0 bridgehead atoms. The van der Waals surface area contributed by atoms with E-state index < -0.39 is 53.0 Å². The van der Waals surface area contributed by atoms with E-state index in [-0.39, 0.29) is 6.21 Å². The molecule has 2 aromatic rings. The third-order valence-electron chi connectivity index (χ3n) is 3.07. The molecule has 0 saturated heterocycles. The lowest BCUT2D eigenvalue weighted by molar-refractivity contribution is -0.120. The first-order valence-electron chi connectivity index (χ1n) is 6.99. The van der Waals surface area contributed by atoms with E-state index in [4.69, 9.17) is 0 Å². The molecule has 136 valence electrons. The number of rotatable bonds is 5. The summed E-state index contributed by atoms with van der Waals surface area (Å²) in [7, 11) is 0. The van der Waals surface area contributed by atoms with Crippen LogP contribution in [0.15, 0.2) is 35.4 Å². The van der Waals surface area contributed by atoms with Gasteiger partial charge in [-0.15, -0.1) is 0 Å². The van der Waals surface area contributed by atoms with E-state index in [1.54, 1.807) is 23.6 Å². The van der Waals surface area contributed by atoms with E-state index >= 15 is 0 Å². The minimum atomic E-state index is -2.30. The van der Waals surface area contributed by atoms with Gasteiger partial charge in [-0.25, -0.2) is 27.4 Å². The summed E-state index contributed by atoms with van der Waals surface area (Å²) < 4.78 is 65.7. The second-order valence-corrected chi connectivity index (χ2v) is 4.83. The number of amides is 2. The maximum atomic E-state index is 13.4. The number of nitrogens with zero attached hydrogens (tertiary/aromatic N) is 1. The van der Waals surface area contributed by atoms with Gasteiger partial charge >= 0.3 is 0 Å². The average molecular weight is 371 g/mol. The summed E-state index contributed by atoms with van der Waals surface area (Å²) in [6.45, 7) is -0.526. The van der Waals surface area contributed by atoms with Crippen molar-refractivity contribution in [2.45, 2.75) is 0 Å². The molecule has 26 heavy (non-hydrogen) atoms. The number of hydrogen-bond acceptors (Lipinski definition) is 3. The van der Waals surface area contributed by atoms with Crippen LogP contribution in [0.4, 0.5) is 22.0 Å². The van der Waals surface area contributed by atoms with Gasteiger partial charge in [-0.2, -0.15) is 5.10 Å². The van der Waals surface area contributed by atoms with Crippen LogP contribution < -0.4 is 10.7 Å². The van der Waals surface area contributed by atoms with Gasteiger partial charge in [-0.05, 0) is 12.1 Å². The van der Waals surface area contributed by atoms with Crippen molar-refractivity contribution in [3.05, 3.63) is 70.5 Å². The van der Waals surface area contributed by atoms with E-state index in [2.05, 4.69) is 10.4 Å². The van der Waals surface area contributed by atoms with E-state index in [1.807, 2.05) is 0 Å². The second kappa shape index (κ2) is 8.19. The van der Waals surface area contributed by atoms with E-state index in [0.717, 1.165) is 0 Å². The molecule has 0 radical (unpaired) electrons. The van der Waals surface area contributed by atoms with E-state index in [9.17, 15) is 31.5 Å². The molecule has 0 aromatic heterocycles. The zero-order valence-electron chi connectivity index (χ0n) is 12.8. The molecule has 0 aliphatic rings. The zero-order valence-corrected chi connectivity index (χ0v) is 12.8. The molecule has 0 spiro atoms. The van der Waals surface area contributed by atoms with Crippen LogP contribution in [0, 0.1) is 29.1 Å². The Bertz CT molecular complexity index is 843. The molecule has 0 heterocycles. The van der Waals surface area contributed by atoms with Crippen molar-refractivity contribution in [3.63, 3.8) is 0 Å². The Morgan fingerprint density at radius 2 is 1.42 bits per heavy atom. The van der Waals surface area contributed by atoms with Crippen LogP contribution in [0.5, 0.6) is 0 Å². The molecule has 0 saturated carbocycles. The highest BCUT2D eigenvalue weighted by Crippen LogP contribution is 2.21. The summed E-state index contributed by atoms with van der Waals surface area (Å²) in [4.78, 5) is 23.2. The monoisotopic (exact) mass is 371 g/mol. The van der Waals surface area contributed by atoms with Crippen molar-refractivity contribution < 1.29 is 31.5 Å². The Hall–Kier alpha value is -3.30. The summed E-state index contributed by atoms with van der Waals surface area (Å²) in [5.41, 5.74) is 0.776. The Morgan fingerprint density at radius 3 is 2.00 bits per heavy atom. The smallest absolute Gasteiger partial charge is 0.259 e. The fourth-order valence-corrected chi connectivity index (χ4v) is 1.80. The molecule has 0 aliphatic carbocycles. The van der Waals surface area contributed by atoms with Gasteiger partial charge in [-0.3, -0.25) is 9.59 Å². The van der Waals surface area contributed by atoms with Crippen LogP contribution in [0.25, 0.3) is 0 Å². The molecule has 2 amide bonds. The first-order chi connectivity index (χ1) is 12.3. The number of hydrazone groups is 1. The highest BCUT2D eigenvalue weighted by atomic mass is 19.2. The maximum Gasteiger partial charge on any atom is 0.259 e. The number of halogens is 5. The molecule has 2 N–H and O–H groups in total. The SMILES string of the molecule is O=C(CNC(=O)c1ccccc1)NN=Cc1c(F)c(F)c(F)c(F)c1F. The van der Waals surface area contributed by atoms with Crippen LogP contribution >= 0.6 is 0 Å². The fourth-order valence-electron chi connectivity index (χ4n) is 1.80. The van der Waals surface area contributed by atoms with Gasteiger partial charge in [0.15, 0.2) is 23.3 Å². The molecular formula is C16H10F5N3O2. The lowest BCUT2D eigenvalue weighted by atomic mass is 10.2. The van der Waals surface area contributed by atoms with Crippen LogP contribution in [-0.4, -0.2) is 24.6 Å². The Balaban J connectivity index is 1.97. The summed E-state index contributed by atoms with van der Waals surface area (Å²) >= 11 is 0. The molecule has 0 fully saturated rings. The van der Waals surface area contributed by atoms with Crippen molar-refractivity contribution in [2.75, 3.05) is 6.54 Å². The van der Waals surface area contributed by atoms with Gasteiger partial charge in [0, 0.05) is 5.56 Å². The number of carbonyl (C=O) groups excluding carboxylic acids is 2. The van der Waals surface area contributed by atoms with Crippen molar-refractivity contribution >= 4 is 18.0 Å². The molecular weight excluding hydrogens is 361 g/mol. The van der Waals surface area contributed by atoms with Crippen molar-refractivity contribution in [3.8, 4) is 0 Å². The predicted molar refractivity (Wildman–Crippen MR) is 80.7 cm³/mol. The fraction of sp³-hybridized carbons (Fsp3) is 0.0625. The lowest BCUT2D eigenvalue weighted by Crippen LogP contribution is -2.34. The van der Waals surface area contributed by atoms with Gasteiger partial charge in [-0.1, -0.05) is 18.2 Å². The molecule has 5 nitrogen and oxygen atoms in total. The summed E-state index contributed by atoms with van der Waals surface area (Å²) in [5.74, 6) is -12.2. The van der Waals surface area contributed by atoms with Crippen LogP contribution in [0.2, 0.25) is 0 Å². The number of hydrogen-bond donors (Lipinski definition) is 2. The highest BCUT2D eigenvalue weighted by Gasteiger charge is 2.24. The standard InChI is InChI=1S/C16H10F5N3O2/c17-11-9(12(18)14(20)15(21)13(11)19)6-23-24-10(25)7-22-16(26)8-4-2-1-3-5-8/h1-6H,7H2,(H,22,26)(H,24,25). The summed E-state index contributed by atoms with van der Waals surface area (Å²) in [6, 6.07) is 7.94. The van der Waals surface area contributed by atoms with Crippen LogP contribution in [0.3, 0.4) is 0 Å². The topological polar surface area (TPSA) is 70.6 Å². The molecule has 0 aliphatic heterocycles. The zero-order chi connectivity index (χ0) is 19.3. The van der Waals surface area contributed by atoms with Gasteiger partial charge in [0.2, 0.25) is 5.82 Å². The van der Waals surface area contributed by atoms with Crippen molar-refractivity contribution in [2.24, 2.45) is 5.10 Å². The summed E-state index contributed by atoms with van der Waals surface area (Å²) in [6.07, 6.45) is 0.271. The molecule has 2 aromatic carbocycles. The van der Waals surface area contributed by atoms with Crippen molar-refractivity contribution in [1.82, 2.24) is 10.7 Å². The van der Waals surface area contributed by atoms with Crippen LogP contribution in [0.1, 0.15) is 15.9 Å². The number of carbonyl (C=O) groups is 2. The Labute approximate surface area is 143 Å². The summed E-state index contributed by atoms with van der Waals surface area (Å²) in [5, 5.41) is 5.37. The lowest BCUT2D eigenvalue weighted by Gasteiger charge is -2.05. The highest BCUT2D eigenvalue weighted by molar-refractivity contribution is 5.96. The Morgan fingerprint density at radius 1 is 0.885 bits per heavy atom. The first-order valence-corrected chi connectivity index (χ1v) is 6.99. The molecule has 10 heteroatoms. The maximum absolute atomic E-state index is 13.4. The van der Waals surface area contributed by atoms with Gasteiger partial charge in [0.05, 0.1) is 18.3 Å². The predicted octanol–water partition coefficient (Wildman–Crippen LogP) is 2.26. The van der Waals surface area contributed by atoms with Crippen LogP contribution in [-0.2, 0) is 4.79 Å². The molecule has 0 atom stereocenters. The van der Waals surface area contributed by atoms with Gasteiger partial charge in [0.1, 0.15) is 0 Å². The quantitative estimate of drug-likeness (QED) is 0.278. The number of benzene rings is 2. The Kier molecular flexibility index (Phi) is 5.99. The average Bonchev–Trinajstić information content (AvgIpc) is 2.66. The van der Waals surface area contributed by atoms with Crippen molar-refractivity contribution in [1.29, 1.82) is 0 Å². The molecule has 2 rings (SSSR count). The third-order valence-corrected chi connectivity index (χ3v) is 3.07. The minimum Gasteiger partial charge on any atom is -0.343 e. The van der Waals surface area contributed by atoms with E-state index in [1.165, 1.54) is 12.1 Å². The third kappa shape index (κ3) is 4.21. The normalized spacial score (nSPS) is 10.8. The minimum absolute atomic E-state index is 0.271. The number of nitrogens with one attached hydrogen (secondary N) is 2.